The van der Waals surface area contributed by atoms with E-state index in [1.165, 1.54) is 0 Å². The summed E-state index contributed by atoms with van der Waals surface area (Å²) in [7, 11) is 1.97. The van der Waals surface area contributed by atoms with E-state index in [4.69, 9.17) is 0 Å². The summed E-state index contributed by atoms with van der Waals surface area (Å²) in [6, 6.07) is 12.3. The van der Waals surface area contributed by atoms with Gasteiger partial charge in [0.2, 0.25) is 0 Å². The van der Waals surface area contributed by atoms with Gasteiger partial charge in [-0.15, -0.1) is 0 Å². The molecule has 0 bridgehead atoms. The first kappa shape index (κ1) is 12.7. The number of nitrogens with one attached hydrogen (secondary N) is 1. The Bertz CT molecular complexity index is 506. The highest BCUT2D eigenvalue weighted by atomic mass is 15.3. The third-order valence-corrected chi connectivity index (χ3v) is 2.75. The number of anilines is 1. The zero-order valence-corrected chi connectivity index (χ0v) is 11.6. The minimum absolute atomic E-state index is 0.261. The molecule has 1 aromatic carbocycles. The molecule has 0 aliphatic heterocycles. The molecule has 0 aliphatic carbocycles. The first-order valence-corrected chi connectivity index (χ1v) is 6.29. The van der Waals surface area contributed by atoms with Crippen LogP contribution >= 0.6 is 0 Å². The average Bonchev–Trinajstić information content (AvgIpc) is 2.68. The maximum Gasteiger partial charge on any atom is 0.124 e. The van der Waals surface area contributed by atoms with Crippen LogP contribution in [0, 0.1) is 5.41 Å². The summed E-state index contributed by atoms with van der Waals surface area (Å²) in [6.07, 6.45) is 0. The standard InChI is InChI=1S/C15H21N3/c1-15(2,3)11-16-14-10-13(17-18(14)4)12-8-6-5-7-9-12/h5-10,16H,11H2,1-4H3. The molecule has 0 fully saturated rings. The second-order valence-corrected chi connectivity index (χ2v) is 5.82. The van der Waals surface area contributed by atoms with Crippen molar-refractivity contribution >= 4 is 5.82 Å². The molecule has 0 spiro atoms. The molecule has 0 atom stereocenters. The zero-order valence-electron chi connectivity index (χ0n) is 11.6. The second kappa shape index (κ2) is 4.84. The van der Waals surface area contributed by atoms with Crippen LogP contribution in [-0.4, -0.2) is 16.3 Å². The Kier molecular flexibility index (Phi) is 3.41. The zero-order chi connectivity index (χ0) is 13.2. The fourth-order valence-electron chi connectivity index (χ4n) is 1.74. The van der Waals surface area contributed by atoms with Crippen LogP contribution in [0.3, 0.4) is 0 Å². The number of nitrogens with zero attached hydrogens (tertiary/aromatic N) is 2. The predicted octanol–water partition coefficient (Wildman–Crippen LogP) is 3.55. The van der Waals surface area contributed by atoms with Crippen molar-refractivity contribution in [3.8, 4) is 11.3 Å². The highest BCUT2D eigenvalue weighted by Gasteiger charge is 2.12. The molecular weight excluding hydrogens is 222 g/mol. The van der Waals surface area contributed by atoms with Gasteiger partial charge in [0.15, 0.2) is 0 Å². The Morgan fingerprint density at radius 2 is 1.83 bits per heavy atom. The first-order chi connectivity index (χ1) is 8.46. The molecular formula is C15H21N3. The molecule has 2 rings (SSSR count). The lowest BCUT2D eigenvalue weighted by molar-refractivity contribution is 0.441. The van der Waals surface area contributed by atoms with Gasteiger partial charge in [0, 0.05) is 25.2 Å². The summed E-state index contributed by atoms with van der Waals surface area (Å²) >= 11 is 0. The molecule has 2 aromatic rings. The number of aromatic nitrogens is 2. The molecule has 3 heteroatoms. The van der Waals surface area contributed by atoms with Crippen molar-refractivity contribution in [3.05, 3.63) is 36.4 Å². The molecule has 0 radical (unpaired) electrons. The van der Waals surface area contributed by atoms with E-state index in [1.54, 1.807) is 0 Å². The van der Waals surface area contributed by atoms with Crippen molar-refractivity contribution in [2.24, 2.45) is 12.5 Å². The molecule has 0 saturated heterocycles. The molecule has 1 aromatic heterocycles. The summed E-state index contributed by atoms with van der Waals surface area (Å²) in [5, 5.41) is 7.98. The van der Waals surface area contributed by atoms with Crippen LogP contribution < -0.4 is 5.32 Å². The van der Waals surface area contributed by atoms with Gasteiger partial charge in [-0.05, 0) is 5.41 Å². The monoisotopic (exact) mass is 243 g/mol. The van der Waals surface area contributed by atoms with Crippen molar-refractivity contribution < 1.29 is 0 Å². The Balaban J connectivity index is 2.17. The third kappa shape index (κ3) is 3.13. The number of benzene rings is 1. The molecule has 0 saturated carbocycles. The lowest BCUT2D eigenvalue weighted by Crippen LogP contribution is -2.20. The number of hydrogen-bond acceptors (Lipinski definition) is 2. The Hall–Kier alpha value is -1.77. The topological polar surface area (TPSA) is 29.9 Å². The van der Waals surface area contributed by atoms with Crippen molar-refractivity contribution in [3.63, 3.8) is 0 Å². The van der Waals surface area contributed by atoms with Crippen molar-refractivity contribution in [1.82, 2.24) is 9.78 Å². The predicted molar refractivity (Wildman–Crippen MR) is 76.6 cm³/mol. The Morgan fingerprint density at radius 1 is 1.17 bits per heavy atom. The summed E-state index contributed by atoms with van der Waals surface area (Å²) in [5.41, 5.74) is 2.42. The van der Waals surface area contributed by atoms with E-state index >= 15 is 0 Å². The average molecular weight is 243 g/mol. The largest absolute Gasteiger partial charge is 0.370 e. The molecule has 1 N–H and O–H groups in total. The maximum absolute atomic E-state index is 4.54. The van der Waals surface area contributed by atoms with Gasteiger partial charge < -0.3 is 5.32 Å². The molecule has 0 unspecified atom stereocenters. The van der Waals surface area contributed by atoms with E-state index in [0.717, 1.165) is 23.6 Å². The van der Waals surface area contributed by atoms with Gasteiger partial charge in [0.1, 0.15) is 5.82 Å². The van der Waals surface area contributed by atoms with Gasteiger partial charge in [0.25, 0.3) is 0 Å². The number of aryl methyl sites for hydroxylation is 1. The second-order valence-electron chi connectivity index (χ2n) is 5.82. The summed E-state index contributed by atoms with van der Waals surface area (Å²) < 4.78 is 1.90. The number of hydrogen-bond donors (Lipinski definition) is 1. The normalized spacial score (nSPS) is 11.6. The molecule has 18 heavy (non-hydrogen) atoms. The Labute approximate surface area is 109 Å². The maximum atomic E-state index is 4.54. The first-order valence-electron chi connectivity index (χ1n) is 6.29. The van der Waals surface area contributed by atoms with Gasteiger partial charge >= 0.3 is 0 Å². The molecule has 0 amide bonds. The fraction of sp³-hybridized carbons (Fsp3) is 0.400. The smallest absolute Gasteiger partial charge is 0.124 e. The summed E-state index contributed by atoms with van der Waals surface area (Å²) in [5.74, 6) is 1.06. The van der Waals surface area contributed by atoms with Gasteiger partial charge in [-0.2, -0.15) is 5.10 Å². The Morgan fingerprint density at radius 3 is 2.44 bits per heavy atom. The van der Waals surface area contributed by atoms with E-state index in [2.05, 4.69) is 49.4 Å². The van der Waals surface area contributed by atoms with Gasteiger partial charge in [0.05, 0.1) is 5.69 Å². The molecule has 3 nitrogen and oxygen atoms in total. The van der Waals surface area contributed by atoms with Gasteiger partial charge in [-0.3, -0.25) is 4.68 Å². The van der Waals surface area contributed by atoms with E-state index < -0.39 is 0 Å². The number of rotatable bonds is 3. The van der Waals surface area contributed by atoms with Crippen LogP contribution in [-0.2, 0) is 7.05 Å². The van der Waals surface area contributed by atoms with Crippen molar-refractivity contribution in [1.29, 1.82) is 0 Å². The lowest BCUT2D eigenvalue weighted by atomic mass is 9.97. The SMILES string of the molecule is Cn1nc(-c2ccccc2)cc1NCC(C)(C)C. The van der Waals surface area contributed by atoms with Crippen molar-refractivity contribution in [2.45, 2.75) is 20.8 Å². The van der Waals surface area contributed by atoms with E-state index in [1.807, 2.05) is 29.9 Å². The van der Waals surface area contributed by atoms with Crippen LogP contribution in [0.4, 0.5) is 5.82 Å². The van der Waals surface area contributed by atoms with Crippen LogP contribution in [0.1, 0.15) is 20.8 Å². The molecule has 96 valence electrons. The highest BCUT2D eigenvalue weighted by molar-refractivity contribution is 5.62. The molecule has 0 aliphatic rings. The minimum Gasteiger partial charge on any atom is -0.370 e. The van der Waals surface area contributed by atoms with E-state index in [-0.39, 0.29) is 5.41 Å². The summed E-state index contributed by atoms with van der Waals surface area (Å²) in [6.45, 7) is 7.58. The quantitative estimate of drug-likeness (QED) is 0.893. The van der Waals surface area contributed by atoms with Crippen LogP contribution in [0.5, 0.6) is 0 Å². The lowest BCUT2D eigenvalue weighted by Gasteiger charge is -2.19. The van der Waals surface area contributed by atoms with Crippen molar-refractivity contribution in [2.75, 3.05) is 11.9 Å². The van der Waals surface area contributed by atoms with Crippen LogP contribution in [0.2, 0.25) is 0 Å². The third-order valence-electron chi connectivity index (χ3n) is 2.75. The van der Waals surface area contributed by atoms with Gasteiger partial charge in [-0.25, -0.2) is 0 Å². The van der Waals surface area contributed by atoms with Crippen LogP contribution in [0.25, 0.3) is 11.3 Å². The van der Waals surface area contributed by atoms with E-state index in [9.17, 15) is 0 Å². The minimum atomic E-state index is 0.261. The highest BCUT2D eigenvalue weighted by Crippen LogP contribution is 2.22. The molecule has 1 heterocycles. The van der Waals surface area contributed by atoms with Crippen LogP contribution in [0.15, 0.2) is 36.4 Å². The summed E-state index contributed by atoms with van der Waals surface area (Å²) in [4.78, 5) is 0. The van der Waals surface area contributed by atoms with E-state index in [0.29, 0.717) is 0 Å². The fourth-order valence-corrected chi connectivity index (χ4v) is 1.74. The van der Waals surface area contributed by atoms with Gasteiger partial charge in [-0.1, -0.05) is 51.1 Å².